The van der Waals surface area contributed by atoms with E-state index in [1.165, 1.54) is 37.3 Å². The summed E-state index contributed by atoms with van der Waals surface area (Å²) in [6, 6.07) is 9.62. The molecule has 1 aromatic carbocycles. The zero-order valence-corrected chi connectivity index (χ0v) is 14.0. The molecule has 0 saturated carbocycles. The van der Waals surface area contributed by atoms with Crippen LogP contribution >= 0.6 is 0 Å². The van der Waals surface area contributed by atoms with Gasteiger partial charge in [0.25, 0.3) is 0 Å². The maximum Gasteiger partial charge on any atom is 0.414 e. The van der Waals surface area contributed by atoms with Crippen molar-refractivity contribution in [3.05, 3.63) is 35.4 Å². The molecule has 1 aromatic rings. The van der Waals surface area contributed by atoms with Gasteiger partial charge in [0.1, 0.15) is 0 Å². The number of carboxylic acid groups (broad SMARTS) is 2. The van der Waals surface area contributed by atoms with E-state index >= 15 is 0 Å². The van der Waals surface area contributed by atoms with Gasteiger partial charge in [0.15, 0.2) is 0 Å². The van der Waals surface area contributed by atoms with Crippen LogP contribution in [0.25, 0.3) is 0 Å². The fourth-order valence-corrected chi connectivity index (χ4v) is 2.39. The fraction of sp³-hybridized carbons (Fsp3) is 0.529. The fourth-order valence-electron chi connectivity index (χ4n) is 2.39. The van der Waals surface area contributed by atoms with Crippen LogP contribution in [0.5, 0.6) is 0 Å². The third kappa shape index (κ3) is 7.25. The smallest absolute Gasteiger partial charge is 0.414 e. The summed E-state index contributed by atoms with van der Waals surface area (Å²) in [5, 5.41) is 14.8. The SMILES string of the molecule is Cc1ccc(CN2CCN(C(C)C)CC2)cc1.O=C(O)C(=O)O. The number of rotatable bonds is 3. The molecule has 1 heterocycles. The first-order chi connectivity index (χ1) is 10.8. The summed E-state index contributed by atoms with van der Waals surface area (Å²) >= 11 is 0. The third-order valence-electron chi connectivity index (χ3n) is 3.85. The van der Waals surface area contributed by atoms with Crippen molar-refractivity contribution in [1.29, 1.82) is 0 Å². The number of hydrogen-bond acceptors (Lipinski definition) is 4. The van der Waals surface area contributed by atoms with Gasteiger partial charge in [0.05, 0.1) is 0 Å². The van der Waals surface area contributed by atoms with Gasteiger partial charge in [-0.25, -0.2) is 9.59 Å². The standard InChI is InChI=1S/C15H24N2.C2H2O4/c1-13(2)17-10-8-16(9-11-17)12-15-6-4-14(3)5-7-15;3-1(4)2(5)6/h4-7,13H,8-12H2,1-3H3;(H,3,4)(H,5,6). The van der Waals surface area contributed by atoms with Gasteiger partial charge in [-0.3, -0.25) is 9.80 Å². The number of aliphatic carboxylic acids is 2. The maximum atomic E-state index is 9.10. The summed E-state index contributed by atoms with van der Waals surface area (Å²) in [5.74, 6) is -3.65. The quantitative estimate of drug-likeness (QED) is 0.824. The van der Waals surface area contributed by atoms with E-state index in [-0.39, 0.29) is 0 Å². The van der Waals surface area contributed by atoms with Crippen LogP contribution in [0.15, 0.2) is 24.3 Å². The molecule has 6 heteroatoms. The predicted octanol–water partition coefficient (Wildman–Crippen LogP) is 1.68. The first kappa shape index (κ1) is 19.1. The molecule has 0 spiro atoms. The van der Waals surface area contributed by atoms with Crippen LogP contribution in [0.2, 0.25) is 0 Å². The van der Waals surface area contributed by atoms with Crippen LogP contribution in [0, 0.1) is 6.92 Å². The lowest BCUT2D eigenvalue weighted by Crippen LogP contribution is -2.48. The molecule has 1 fully saturated rings. The van der Waals surface area contributed by atoms with E-state index < -0.39 is 11.9 Å². The molecular formula is C17H26N2O4. The van der Waals surface area contributed by atoms with Crippen LogP contribution in [0.3, 0.4) is 0 Å². The molecule has 1 aliphatic heterocycles. The number of carbonyl (C=O) groups is 2. The summed E-state index contributed by atoms with van der Waals surface area (Å²) in [4.78, 5) is 23.3. The Morgan fingerprint density at radius 1 is 1.00 bits per heavy atom. The second-order valence-electron chi connectivity index (χ2n) is 6.00. The molecule has 6 nitrogen and oxygen atoms in total. The summed E-state index contributed by atoms with van der Waals surface area (Å²) in [6.07, 6.45) is 0. The Hall–Kier alpha value is -1.92. The van der Waals surface area contributed by atoms with Crippen molar-refractivity contribution in [2.45, 2.75) is 33.4 Å². The number of nitrogens with zero attached hydrogens (tertiary/aromatic N) is 2. The Bertz CT molecular complexity index is 494. The van der Waals surface area contributed by atoms with Gasteiger partial charge in [0.2, 0.25) is 0 Å². The van der Waals surface area contributed by atoms with Crippen molar-refractivity contribution >= 4 is 11.9 Å². The molecule has 23 heavy (non-hydrogen) atoms. The lowest BCUT2D eigenvalue weighted by molar-refractivity contribution is -0.159. The third-order valence-corrected chi connectivity index (χ3v) is 3.85. The van der Waals surface area contributed by atoms with E-state index in [1.807, 2.05) is 0 Å². The summed E-state index contributed by atoms with van der Waals surface area (Å²) in [5.41, 5.74) is 2.78. The highest BCUT2D eigenvalue weighted by Crippen LogP contribution is 2.11. The Labute approximate surface area is 137 Å². The van der Waals surface area contributed by atoms with E-state index in [9.17, 15) is 0 Å². The first-order valence-corrected chi connectivity index (χ1v) is 7.77. The van der Waals surface area contributed by atoms with E-state index in [4.69, 9.17) is 19.8 Å². The second-order valence-corrected chi connectivity index (χ2v) is 6.00. The minimum Gasteiger partial charge on any atom is -0.473 e. The maximum absolute atomic E-state index is 9.10. The van der Waals surface area contributed by atoms with Crippen LogP contribution in [-0.2, 0) is 16.1 Å². The van der Waals surface area contributed by atoms with Gasteiger partial charge in [-0.05, 0) is 26.3 Å². The van der Waals surface area contributed by atoms with Crippen LogP contribution < -0.4 is 0 Å². The number of benzene rings is 1. The molecule has 0 amide bonds. The van der Waals surface area contributed by atoms with Gasteiger partial charge in [-0.15, -0.1) is 0 Å². The Morgan fingerprint density at radius 3 is 1.87 bits per heavy atom. The molecule has 0 atom stereocenters. The highest BCUT2D eigenvalue weighted by atomic mass is 16.4. The first-order valence-electron chi connectivity index (χ1n) is 7.77. The Kier molecular flexibility index (Phi) is 7.71. The van der Waals surface area contributed by atoms with Crippen molar-refractivity contribution in [3.63, 3.8) is 0 Å². The molecule has 0 aromatic heterocycles. The van der Waals surface area contributed by atoms with E-state index in [2.05, 4.69) is 54.8 Å². The highest BCUT2D eigenvalue weighted by molar-refractivity contribution is 6.27. The molecule has 0 radical (unpaired) electrons. The second kappa shape index (κ2) is 9.27. The Balaban J connectivity index is 0.000000379. The zero-order chi connectivity index (χ0) is 17.4. The number of aryl methyl sites for hydroxylation is 1. The Morgan fingerprint density at radius 2 is 1.48 bits per heavy atom. The summed E-state index contributed by atoms with van der Waals surface area (Å²) < 4.78 is 0. The highest BCUT2D eigenvalue weighted by Gasteiger charge is 2.18. The number of piperazine rings is 1. The molecule has 0 bridgehead atoms. The van der Waals surface area contributed by atoms with Crippen molar-refractivity contribution in [2.24, 2.45) is 0 Å². The van der Waals surface area contributed by atoms with Crippen LogP contribution in [-0.4, -0.2) is 64.2 Å². The molecule has 2 rings (SSSR count). The minimum absolute atomic E-state index is 0.691. The monoisotopic (exact) mass is 322 g/mol. The molecule has 0 unspecified atom stereocenters. The minimum atomic E-state index is -1.82. The number of carboxylic acids is 2. The van der Waals surface area contributed by atoms with Crippen molar-refractivity contribution < 1.29 is 19.8 Å². The van der Waals surface area contributed by atoms with Crippen molar-refractivity contribution in [2.75, 3.05) is 26.2 Å². The van der Waals surface area contributed by atoms with Gasteiger partial charge in [-0.2, -0.15) is 0 Å². The average Bonchev–Trinajstić information content (AvgIpc) is 2.50. The molecular weight excluding hydrogens is 296 g/mol. The van der Waals surface area contributed by atoms with Gasteiger partial charge in [0, 0.05) is 38.8 Å². The topological polar surface area (TPSA) is 81.1 Å². The largest absolute Gasteiger partial charge is 0.473 e. The van der Waals surface area contributed by atoms with Crippen molar-refractivity contribution in [1.82, 2.24) is 9.80 Å². The molecule has 2 N–H and O–H groups in total. The van der Waals surface area contributed by atoms with Crippen molar-refractivity contribution in [3.8, 4) is 0 Å². The molecule has 1 aliphatic rings. The normalized spacial score (nSPS) is 15.8. The lowest BCUT2D eigenvalue weighted by atomic mass is 10.1. The van der Waals surface area contributed by atoms with Gasteiger partial charge < -0.3 is 10.2 Å². The van der Waals surface area contributed by atoms with Crippen LogP contribution in [0.1, 0.15) is 25.0 Å². The lowest BCUT2D eigenvalue weighted by Gasteiger charge is -2.36. The average molecular weight is 322 g/mol. The summed E-state index contributed by atoms with van der Waals surface area (Å²) in [6.45, 7) is 12.6. The van der Waals surface area contributed by atoms with E-state index in [0.717, 1.165) is 6.54 Å². The van der Waals surface area contributed by atoms with E-state index in [1.54, 1.807) is 0 Å². The zero-order valence-electron chi connectivity index (χ0n) is 14.0. The van der Waals surface area contributed by atoms with Crippen LogP contribution in [0.4, 0.5) is 0 Å². The molecule has 1 saturated heterocycles. The van der Waals surface area contributed by atoms with E-state index in [0.29, 0.717) is 6.04 Å². The van der Waals surface area contributed by atoms with Gasteiger partial charge >= 0.3 is 11.9 Å². The predicted molar refractivity (Wildman–Crippen MR) is 88.4 cm³/mol. The molecule has 0 aliphatic carbocycles. The summed E-state index contributed by atoms with van der Waals surface area (Å²) in [7, 11) is 0. The molecule has 128 valence electrons. The van der Waals surface area contributed by atoms with Gasteiger partial charge in [-0.1, -0.05) is 29.8 Å². The number of hydrogen-bond donors (Lipinski definition) is 2.